The van der Waals surface area contributed by atoms with E-state index in [0.29, 0.717) is 22.4 Å². The van der Waals surface area contributed by atoms with Gasteiger partial charge < -0.3 is 5.73 Å². The minimum Gasteiger partial charge on any atom is -0.323 e. The third kappa shape index (κ3) is 3.64. The fourth-order valence-electron chi connectivity index (χ4n) is 2.05. The summed E-state index contributed by atoms with van der Waals surface area (Å²) in [7, 11) is 0. The minimum atomic E-state index is -0.432. The smallest absolute Gasteiger partial charge is 0.138 e. The van der Waals surface area contributed by atoms with Crippen molar-refractivity contribution in [3.05, 3.63) is 46.2 Å². The van der Waals surface area contributed by atoms with Gasteiger partial charge in [-0.2, -0.15) is 5.10 Å². The predicted octanol–water partition coefficient (Wildman–Crippen LogP) is 3.08. The van der Waals surface area contributed by atoms with E-state index in [9.17, 15) is 4.39 Å². The molecule has 6 heteroatoms. The van der Waals surface area contributed by atoms with Gasteiger partial charge in [0.15, 0.2) is 0 Å². The van der Waals surface area contributed by atoms with Crippen LogP contribution in [0, 0.1) is 11.7 Å². The number of benzene rings is 1. The molecule has 0 saturated carbocycles. The van der Waals surface area contributed by atoms with Crippen molar-refractivity contribution in [2.45, 2.75) is 32.9 Å². The molecule has 0 saturated heterocycles. The van der Waals surface area contributed by atoms with Crippen LogP contribution < -0.4 is 5.73 Å². The maximum atomic E-state index is 13.9. The molecule has 2 rings (SSSR count). The van der Waals surface area contributed by atoms with Crippen LogP contribution in [0.25, 0.3) is 0 Å². The van der Waals surface area contributed by atoms with E-state index >= 15 is 0 Å². The molecule has 20 heavy (non-hydrogen) atoms. The molecule has 0 aliphatic heterocycles. The van der Waals surface area contributed by atoms with Crippen molar-refractivity contribution in [1.29, 1.82) is 0 Å². The molecule has 1 unspecified atom stereocenters. The second kappa shape index (κ2) is 6.45. The van der Waals surface area contributed by atoms with E-state index in [1.54, 1.807) is 12.1 Å². The fourth-order valence-corrected chi connectivity index (χ4v) is 2.39. The molecule has 0 fully saturated rings. The first-order valence-electron chi connectivity index (χ1n) is 6.54. The Bertz CT molecular complexity index is 582. The largest absolute Gasteiger partial charge is 0.323 e. The minimum absolute atomic E-state index is 0.304. The van der Waals surface area contributed by atoms with E-state index in [2.05, 4.69) is 39.9 Å². The second-order valence-corrected chi connectivity index (χ2v) is 6.14. The Morgan fingerprint density at radius 1 is 1.40 bits per heavy atom. The quantitative estimate of drug-likeness (QED) is 0.909. The summed E-state index contributed by atoms with van der Waals surface area (Å²) in [5.41, 5.74) is 6.59. The van der Waals surface area contributed by atoms with Crippen LogP contribution in [0.4, 0.5) is 4.39 Å². The van der Waals surface area contributed by atoms with Gasteiger partial charge in [0.2, 0.25) is 0 Å². The first-order chi connectivity index (χ1) is 9.47. The Balaban J connectivity index is 2.15. The van der Waals surface area contributed by atoms with E-state index in [1.165, 1.54) is 12.4 Å². The summed E-state index contributed by atoms with van der Waals surface area (Å²) in [6.07, 6.45) is 1.98. The van der Waals surface area contributed by atoms with Crippen molar-refractivity contribution in [2.75, 3.05) is 0 Å². The summed E-state index contributed by atoms with van der Waals surface area (Å²) in [5.74, 6) is 0.950. The van der Waals surface area contributed by atoms with Crippen molar-refractivity contribution >= 4 is 15.9 Å². The lowest BCUT2D eigenvalue weighted by Crippen LogP contribution is -2.19. The molecule has 4 nitrogen and oxygen atoms in total. The van der Waals surface area contributed by atoms with Crippen LogP contribution >= 0.6 is 15.9 Å². The van der Waals surface area contributed by atoms with Gasteiger partial charge in [-0.1, -0.05) is 35.8 Å². The summed E-state index contributed by atoms with van der Waals surface area (Å²) in [5, 5.41) is 4.19. The molecule has 1 atom stereocenters. The molecule has 0 amide bonds. The Morgan fingerprint density at radius 2 is 2.15 bits per heavy atom. The molecule has 2 N–H and O–H groups in total. The number of hydrogen-bond donors (Lipinski definition) is 1. The van der Waals surface area contributed by atoms with Gasteiger partial charge in [0, 0.05) is 29.0 Å². The van der Waals surface area contributed by atoms with Crippen LogP contribution in [0.15, 0.2) is 29.0 Å². The second-order valence-electron chi connectivity index (χ2n) is 5.23. The summed E-state index contributed by atoms with van der Waals surface area (Å²) in [6.45, 7) is 5.00. The molecule has 1 heterocycles. The molecule has 108 valence electrons. The molecule has 0 bridgehead atoms. The van der Waals surface area contributed by atoms with Crippen molar-refractivity contribution in [2.24, 2.45) is 11.7 Å². The molecular formula is C14H18BrFN4. The molecule has 0 spiro atoms. The third-order valence-electron chi connectivity index (χ3n) is 3.00. The first-order valence-corrected chi connectivity index (χ1v) is 7.34. The topological polar surface area (TPSA) is 56.7 Å². The van der Waals surface area contributed by atoms with E-state index in [4.69, 9.17) is 5.73 Å². The van der Waals surface area contributed by atoms with Crippen molar-refractivity contribution in [3.63, 3.8) is 0 Å². The Hall–Kier alpha value is -1.27. The zero-order valence-corrected chi connectivity index (χ0v) is 13.1. The van der Waals surface area contributed by atoms with Crippen molar-refractivity contribution in [3.8, 4) is 0 Å². The first kappa shape index (κ1) is 15.1. The van der Waals surface area contributed by atoms with Gasteiger partial charge in [-0.05, 0) is 18.1 Å². The third-order valence-corrected chi connectivity index (χ3v) is 3.49. The van der Waals surface area contributed by atoms with Crippen LogP contribution in [-0.2, 0) is 13.0 Å². The molecule has 0 aliphatic rings. The van der Waals surface area contributed by atoms with Gasteiger partial charge in [-0.25, -0.2) is 14.1 Å². The number of rotatable bonds is 5. The Morgan fingerprint density at radius 3 is 2.80 bits per heavy atom. The van der Waals surface area contributed by atoms with Gasteiger partial charge in [-0.15, -0.1) is 0 Å². The molecular weight excluding hydrogens is 323 g/mol. The van der Waals surface area contributed by atoms with Crippen LogP contribution in [0.3, 0.4) is 0 Å². The van der Waals surface area contributed by atoms with E-state index in [1.807, 2.05) is 4.68 Å². The van der Waals surface area contributed by atoms with Crippen LogP contribution in [0.2, 0.25) is 0 Å². The lowest BCUT2D eigenvalue weighted by Gasteiger charge is -2.14. The zero-order chi connectivity index (χ0) is 14.7. The molecule has 0 radical (unpaired) electrons. The van der Waals surface area contributed by atoms with Gasteiger partial charge >= 0.3 is 0 Å². The highest BCUT2D eigenvalue weighted by Crippen LogP contribution is 2.22. The summed E-state index contributed by atoms with van der Waals surface area (Å²) in [6, 6.07) is 4.48. The maximum absolute atomic E-state index is 13.9. The normalized spacial score (nSPS) is 12.9. The SMILES string of the molecule is CC(C)Cn1ncnc1CC(N)c1ccc(Br)cc1F. The van der Waals surface area contributed by atoms with E-state index < -0.39 is 6.04 Å². The summed E-state index contributed by atoms with van der Waals surface area (Å²) < 4.78 is 16.4. The van der Waals surface area contributed by atoms with Crippen LogP contribution in [-0.4, -0.2) is 14.8 Å². The highest BCUT2D eigenvalue weighted by molar-refractivity contribution is 9.10. The van der Waals surface area contributed by atoms with E-state index in [-0.39, 0.29) is 5.82 Å². The summed E-state index contributed by atoms with van der Waals surface area (Å²) in [4.78, 5) is 4.22. The molecule has 1 aromatic heterocycles. The maximum Gasteiger partial charge on any atom is 0.138 e. The van der Waals surface area contributed by atoms with Crippen molar-refractivity contribution < 1.29 is 4.39 Å². The molecule has 2 aromatic rings. The number of halogens is 2. The number of hydrogen-bond acceptors (Lipinski definition) is 3. The molecule has 0 aliphatic carbocycles. The van der Waals surface area contributed by atoms with Crippen LogP contribution in [0.1, 0.15) is 31.3 Å². The number of nitrogens with two attached hydrogens (primary N) is 1. The van der Waals surface area contributed by atoms with Gasteiger partial charge in [0.25, 0.3) is 0 Å². The molecule has 1 aromatic carbocycles. The monoisotopic (exact) mass is 340 g/mol. The highest BCUT2D eigenvalue weighted by atomic mass is 79.9. The Labute approximate surface area is 126 Å². The average Bonchev–Trinajstić information content (AvgIpc) is 2.75. The number of aromatic nitrogens is 3. The predicted molar refractivity (Wildman–Crippen MR) is 79.6 cm³/mol. The van der Waals surface area contributed by atoms with Crippen LogP contribution in [0.5, 0.6) is 0 Å². The zero-order valence-electron chi connectivity index (χ0n) is 11.6. The lowest BCUT2D eigenvalue weighted by atomic mass is 10.0. The summed E-state index contributed by atoms with van der Waals surface area (Å²) >= 11 is 3.24. The number of nitrogens with zero attached hydrogens (tertiary/aromatic N) is 3. The van der Waals surface area contributed by atoms with Gasteiger partial charge in [-0.3, -0.25) is 0 Å². The lowest BCUT2D eigenvalue weighted by molar-refractivity contribution is 0.457. The van der Waals surface area contributed by atoms with E-state index in [0.717, 1.165) is 12.4 Å². The fraction of sp³-hybridized carbons (Fsp3) is 0.429. The standard InChI is InChI=1S/C14H18BrFN4/c1-9(2)7-20-14(18-8-19-20)6-13(17)11-4-3-10(15)5-12(11)16/h3-5,8-9,13H,6-7,17H2,1-2H3. The highest BCUT2D eigenvalue weighted by Gasteiger charge is 2.16. The average molecular weight is 341 g/mol. The van der Waals surface area contributed by atoms with Crippen molar-refractivity contribution in [1.82, 2.24) is 14.8 Å². The van der Waals surface area contributed by atoms with Gasteiger partial charge in [0.1, 0.15) is 18.0 Å². The van der Waals surface area contributed by atoms with Gasteiger partial charge in [0.05, 0.1) is 0 Å². The Kier molecular flexibility index (Phi) is 4.88.